The van der Waals surface area contributed by atoms with Crippen molar-refractivity contribution in [1.29, 1.82) is 0 Å². The van der Waals surface area contributed by atoms with Gasteiger partial charge in [0.05, 0.1) is 0 Å². The number of rotatable bonds is 4. The molecule has 1 aromatic carbocycles. The third kappa shape index (κ3) is 4.87. The predicted molar refractivity (Wildman–Crippen MR) is 77.0 cm³/mol. The van der Waals surface area contributed by atoms with Crippen molar-refractivity contribution in [2.75, 3.05) is 19.0 Å². The first-order valence-electron chi connectivity index (χ1n) is 7.12. The number of benzene rings is 1. The van der Waals surface area contributed by atoms with Gasteiger partial charge in [-0.1, -0.05) is 6.07 Å². The third-order valence-corrected chi connectivity index (χ3v) is 3.54. The first-order valence-corrected chi connectivity index (χ1v) is 7.12. The van der Waals surface area contributed by atoms with Crippen molar-refractivity contribution in [2.45, 2.75) is 31.5 Å². The zero-order chi connectivity index (χ0) is 17.0. The fourth-order valence-electron chi connectivity index (χ4n) is 2.35. The van der Waals surface area contributed by atoms with Gasteiger partial charge in [0, 0.05) is 25.2 Å². The number of alkyl halides is 3. The number of ether oxygens (including phenoxy) is 1. The molecule has 2 rings (SSSR count). The number of likely N-dealkylation sites (tertiary alicyclic amines) is 1. The van der Waals surface area contributed by atoms with Gasteiger partial charge in [-0.3, -0.25) is 9.59 Å². The number of hydrogen-bond donors (Lipinski definition) is 1. The Balaban J connectivity index is 1.99. The Hall–Kier alpha value is -2.25. The number of nitrogens with zero attached hydrogens (tertiary/aromatic N) is 1. The number of anilines is 1. The highest BCUT2D eigenvalue weighted by molar-refractivity contribution is 5.97. The number of hydrogen-bond acceptors (Lipinski definition) is 3. The smallest absolute Gasteiger partial charge is 0.422 e. The van der Waals surface area contributed by atoms with Crippen LogP contribution in [0.1, 0.15) is 19.3 Å². The van der Waals surface area contributed by atoms with Gasteiger partial charge < -0.3 is 15.0 Å². The quantitative estimate of drug-likeness (QED) is 0.923. The molecule has 1 N–H and O–H groups in total. The van der Waals surface area contributed by atoms with Crippen LogP contribution in [0.5, 0.6) is 5.75 Å². The lowest BCUT2D eigenvalue weighted by Gasteiger charge is -2.31. The molecule has 0 radical (unpaired) electrons. The van der Waals surface area contributed by atoms with Crippen molar-refractivity contribution in [2.24, 2.45) is 0 Å². The maximum absolute atomic E-state index is 12.2. The Morgan fingerprint density at radius 3 is 2.87 bits per heavy atom. The third-order valence-electron chi connectivity index (χ3n) is 3.54. The molecule has 0 aromatic heterocycles. The molecule has 126 valence electrons. The summed E-state index contributed by atoms with van der Waals surface area (Å²) in [5.74, 6) is -0.458. The van der Waals surface area contributed by atoms with E-state index in [1.807, 2.05) is 0 Å². The lowest BCUT2D eigenvalue weighted by atomic mass is 10.0. The molecule has 1 heterocycles. The Morgan fingerprint density at radius 2 is 2.17 bits per heavy atom. The minimum atomic E-state index is -4.43. The molecule has 1 aliphatic heterocycles. The zero-order valence-corrected chi connectivity index (χ0v) is 12.5. The maximum Gasteiger partial charge on any atom is 0.422 e. The van der Waals surface area contributed by atoms with E-state index < -0.39 is 18.8 Å². The van der Waals surface area contributed by atoms with E-state index >= 15 is 0 Å². The van der Waals surface area contributed by atoms with E-state index in [1.165, 1.54) is 23.1 Å². The van der Waals surface area contributed by atoms with Crippen molar-refractivity contribution < 1.29 is 27.5 Å². The predicted octanol–water partition coefficient (Wildman–Crippen LogP) is 2.58. The molecule has 1 aromatic rings. The molecule has 23 heavy (non-hydrogen) atoms. The van der Waals surface area contributed by atoms with Crippen LogP contribution in [0.15, 0.2) is 24.3 Å². The number of nitrogens with one attached hydrogen (secondary N) is 1. The highest BCUT2D eigenvalue weighted by Crippen LogP contribution is 2.23. The van der Waals surface area contributed by atoms with Crippen LogP contribution in [0.2, 0.25) is 0 Å². The summed E-state index contributed by atoms with van der Waals surface area (Å²) in [4.78, 5) is 25.2. The van der Waals surface area contributed by atoms with Crippen LogP contribution in [0.4, 0.5) is 18.9 Å². The Morgan fingerprint density at radius 1 is 1.43 bits per heavy atom. The second-order valence-electron chi connectivity index (χ2n) is 5.33. The lowest BCUT2D eigenvalue weighted by Crippen LogP contribution is -2.47. The van der Waals surface area contributed by atoms with E-state index in [0.29, 0.717) is 24.9 Å². The number of likely N-dealkylation sites (N-methyl/N-ethyl adjacent to an activating group) is 1. The van der Waals surface area contributed by atoms with Crippen molar-refractivity contribution >= 4 is 17.5 Å². The van der Waals surface area contributed by atoms with Crippen LogP contribution in [-0.4, -0.2) is 42.6 Å². The number of halogens is 3. The fourth-order valence-corrected chi connectivity index (χ4v) is 2.35. The SMILES string of the molecule is CN1C(=O)CCCC1C(=O)Nc1cccc(OCC(F)(F)F)c1. The molecular formula is C15H17F3N2O3. The van der Waals surface area contributed by atoms with Crippen LogP contribution in [-0.2, 0) is 9.59 Å². The van der Waals surface area contributed by atoms with Crippen molar-refractivity contribution in [3.8, 4) is 5.75 Å². The average molecular weight is 330 g/mol. The summed E-state index contributed by atoms with van der Waals surface area (Å²) in [5, 5.41) is 2.61. The Labute approximate surface area is 131 Å². The summed E-state index contributed by atoms with van der Waals surface area (Å²) in [6, 6.07) is 5.14. The number of carbonyl (C=O) groups is 2. The average Bonchev–Trinajstić information content (AvgIpc) is 2.47. The molecule has 5 nitrogen and oxygen atoms in total. The molecule has 8 heteroatoms. The summed E-state index contributed by atoms with van der Waals surface area (Å²) in [6.45, 7) is -1.40. The van der Waals surface area contributed by atoms with Crippen molar-refractivity contribution in [3.05, 3.63) is 24.3 Å². The molecule has 0 aliphatic carbocycles. The normalized spacial score (nSPS) is 18.7. The zero-order valence-electron chi connectivity index (χ0n) is 12.5. The topological polar surface area (TPSA) is 58.6 Å². The van der Waals surface area contributed by atoms with E-state index in [1.54, 1.807) is 13.1 Å². The van der Waals surface area contributed by atoms with Crippen LogP contribution >= 0.6 is 0 Å². The van der Waals surface area contributed by atoms with Crippen molar-refractivity contribution in [1.82, 2.24) is 4.90 Å². The molecule has 0 spiro atoms. The minimum absolute atomic E-state index is 0.00759. The van der Waals surface area contributed by atoms with Gasteiger partial charge in [0.2, 0.25) is 11.8 Å². The molecule has 1 atom stereocenters. The van der Waals surface area contributed by atoms with Gasteiger partial charge in [-0.2, -0.15) is 13.2 Å². The molecule has 1 saturated heterocycles. The van der Waals surface area contributed by atoms with Crippen LogP contribution in [0.25, 0.3) is 0 Å². The number of piperidine rings is 1. The van der Waals surface area contributed by atoms with E-state index in [4.69, 9.17) is 0 Å². The van der Waals surface area contributed by atoms with Gasteiger partial charge in [0.25, 0.3) is 0 Å². The van der Waals surface area contributed by atoms with Gasteiger partial charge in [-0.05, 0) is 25.0 Å². The van der Waals surface area contributed by atoms with Crippen LogP contribution < -0.4 is 10.1 Å². The second kappa shape index (κ2) is 6.89. The summed E-state index contributed by atoms with van der Waals surface area (Å²) < 4.78 is 41.1. The number of carbonyl (C=O) groups excluding carboxylic acids is 2. The van der Waals surface area contributed by atoms with Gasteiger partial charge in [0.1, 0.15) is 11.8 Å². The maximum atomic E-state index is 12.2. The summed E-state index contributed by atoms with van der Waals surface area (Å²) in [7, 11) is 1.56. The highest BCUT2D eigenvalue weighted by Gasteiger charge is 2.30. The van der Waals surface area contributed by atoms with Crippen LogP contribution in [0.3, 0.4) is 0 Å². The Bertz CT molecular complexity index is 590. The molecule has 1 fully saturated rings. The molecule has 1 unspecified atom stereocenters. The molecule has 0 bridgehead atoms. The van der Waals surface area contributed by atoms with Crippen molar-refractivity contribution in [3.63, 3.8) is 0 Å². The standard InChI is InChI=1S/C15H17F3N2O3/c1-20-12(6-3-7-13(20)21)14(22)19-10-4-2-5-11(8-10)23-9-15(16,17)18/h2,4-5,8,12H,3,6-7,9H2,1H3,(H,19,22). The molecule has 2 amide bonds. The van der Waals surface area contributed by atoms with Crippen LogP contribution in [0, 0.1) is 0 Å². The minimum Gasteiger partial charge on any atom is -0.484 e. The van der Waals surface area contributed by atoms with Gasteiger partial charge in [0.15, 0.2) is 6.61 Å². The first kappa shape index (κ1) is 17.1. The monoisotopic (exact) mass is 330 g/mol. The van der Waals surface area contributed by atoms with E-state index in [2.05, 4.69) is 10.1 Å². The molecule has 0 saturated carbocycles. The first-order chi connectivity index (χ1) is 10.8. The van der Waals surface area contributed by atoms with E-state index in [-0.39, 0.29) is 17.6 Å². The fraction of sp³-hybridized carbons (Fsp3) is 0.467. The summed E-state index contributed by atoms with van der Waals surface area (Å²) >= 11 is 0. The molecular weight excluding hydrogens is 313 g/mol. The Kier molecular flexibility index (Phi) is 5.12. The summed E-state index contributed by atoms with van der Waals surface area (Å²) in [5.41, 5.74) is 0.320. The number of amides is 2. The molecule has 1 aliphatic rings. The second-order valence-corrected chi connectivity index (χ2v) is 5.33. The van der Waals surface area contributed by atoms with E-state index in [9.17, 15) is 22.8 Å². The largest absolute Gasteiger partial charge is 0.484 e. The van der Waals surface area contributed by atoms with Gasteiger partial charge >= 0.3 is 6.18 Å². The van der Waals surface area contributed by atoms with E-state index in [0.717, 1.165) is 0 Å². The van der Waals surface area contributed by atoms with Gasteiger partial charge in [-0.15, -0.1) is 0 Å². The summed E-state index contributed by atoms with van der Waals surface area (Å²) in [6.07, 6.45) is -2.82. The highest BCUT2D eigenvalue weighted by atomic mass is 19.4. The van der Waals surface area contributed by atoms with Gasteiger partial charge in [-0.25, -0.2) is 0 Å². The lowest BCUT2D eigenvalue weighted by molar-refractivity contribution is -0.153.